The van der Waals surface area contributed by atoms with Crippen molar-refractivity contribution in [3.05, 3.63) is 53.0 Å². The molecule has 4 rings (SSSR count). The molecule has 3 heterocycles. The number of hydrogen-bond acceptors (Lipinski definition) is 4. The van der Waals surface area contributed by atoms with E-state index in [2.05, 4.69) is 15.2 Å². The summed E-state index contributed by atoms with van der Waals surface area (Å²) < 4.78 is 7.04. The van der Waals surface area contributed by atoms with Crippen molar-refractivity contribution >= 4 is 16.7 Å². The summed E-state index contributed by atoms with van der Waals surface area (Å²) in [5.41, 5.74) is 1.54. The molecular formula is C13H8N4O2. The number of benzene rings is 1. The Hall–Kier alpha value is -2.89. The second-order valence-electron chi connectivity index (χ2n) is 4.13. The summed E-state index contributed by atoms with van der Waals surface area (Å²) in [5, 5.41) is 7.98. The van der Waals surface area contributed by atoms with Crippen molar-refractivity contribution in [3.63, 3.8) is 0 Å². The Morgan fingerprint density at radius 2 is 2.00 bits per heavy atom. The molecule has 6 nitrogen and oxygen atoms in total. The lowest BCUT2D eigenvalue weighted by Gasteiger charge is -2.02. The van der Waals surface area contributed by atoms with Crippen LogP contribution in [-0.2, 0) is 0 Å². The lowest BCUT2D eigenvalue weighted by molar-refractivity contribution is 0.576. The molecule has 92 valence electrons. The van der Waals surface area contributed by atoms with Gasteiger partial charge in [0, 0.05) is 0 Å². The number of furan rings is 1. The van der Waals surface area contributed by atoms with Crippen molar-refractivity contribution in [1.82, 2.24) is 19.6 Å². The Bertz CT molecular complexity index is 934. The monoisotopic (exact) mass is 252 g/mol. The topological polar surface area (TPSA) is 76.2 Å². The minimum Gasteiger partial charge on any atom is -0.461 e. The van der Waals surface area contributed by atoms with Crippen LogP contribution in [0, 0.1) is 0 Å². The zero-order valence-electron chi connectivity index (χ0n) is 9.70. The Morgan fingerprint density at radius 3 is 2.84 bits per heavy atom. The van der Waals surface area contributed by atoms with Crippen LogP contribution in [0.4, 0.5) is 0 Å². The molecule has 0 radical (unpaired) electrons. The number of hydrogen-bond donors (Lipinski definition) is 1. The van der Waals surface area contributed by atoms with Gasteiger partial charge in [0.25, 0.3) is 5.56 Å². The average molecular weight is 252 g/mol. The molecule has 1 aromatic carbocycles. The first kappa shape index (κ1) is 10.1. The average Bonchev–Trinajstić information content (AvgIpc) is 3.08. The van der Waals surface area contributed by atoms with E-state index in [1.54, 1.807) is 22.8 Å². The third kappa shape index (κ3) is 1.33. The summed E-state index contributed by atoms with van der Waals surface area (Å²) >= 11 is 0. The highest BCUT2D eigenvalue weighted by Crippen LogP contribution is 2.21. The highest BCUT2D eigenvalue weighted by atomic mass is 16.3. The first-order valence-corrected chi connectivity index (χ1v) is 5.74. The quantitative estimate of drug-likeness (QED) is 0.560. The zero-order chi connectivity index (χ0) is 12.8. The predicted octanol–water partition coefficient (Wildman–Crippen LogP) is 1.83. The predicted molar refractivity (Wildman–Crippen MR) is 68.8 cm³/mol. The zero-order valence-corrected chi connectivity index (χ0v) is 9.70. The molecule has 0 amide bonds. The molecule has 0 saturated heterocycles. The molecule has 0 spiro atoms. The van der Waals surface area contributed by atoms with E-state index < -0.39 is 0 Å². The van der Waals surface area contributed by atoms with Gasteiger partial charge in [-0.1, -0.05) is 12.1 Å². The fourth-order valence-corrected chi connectivity index (χ4v) is 2.18. The molecule has 6 heteroatoms. The van der Waals surface area contributed by atoms with E-state index in [-0.39, 0.29) is 11.2 Å². The van der Waals surface area contributed by atoms with Crippen molar-refractivity contribution in [3.8, 4) is 11.6 Å². The van der Waals surface area contributed by atoms with Gasteiger partial charge in [0.2, 0.25) is 11.5 Å². The third-order valence-electron chi connectivity index (χ3n) is 3.00. The SMILES string of the molecule is O=c1[nH]c2ccccc2n2c(-c3ccco3)nnc12. The number of nitrogens with one attached hydrogen (secondary N) is 1. The molecule has 1 N–H and O–H groups in total. The molecule has 0 bridgehead atoms. The minimum absolute atomic E-state index is 0.255. The van der Waals surface area contributed by atoms with Gasteiger partial charge in [-0.3, -0.25) is 9.20 Å². The van der Waals surface area contributed by atoms with Gasteiger partial charge in [-0.2, -0.15) is 0 Å². The number of para-hydroxylation sites is 2. The van der Waals surface area contributed by atoms with Crippen molar-refractivity contribution in [1.29, 1.82) is 0 Å². The molecule has 3 aromatic heterocycles. The summed E-state index contributed by atoms with van der Waals surface area (Å²) in [5.74, 6) is 1.09. The van der Waals surface area contributed by atoms with Crippen LogP contribution in [0.2, 0.25) is 0 Å². The van der Waals surface area contributed by atoms with E-state index in [0.717, 1.165) is 11.0 Å². The van der Waals surface area contributed by atoms with Crippen molar-refractivity contribution in [2.45, 2.75) is 0 Å². The fraction of sp³-hybridized carbons (Fsp3) is 0. The van der Waals surface area contributed by atoms with Gasteiger partial charge in [0.1, 0.15) is 0 Å². The largest absolute Gasteiger partial charge is 0.461 e. The first-order chi connectivity index (χ1) is 9.34. The lowest BCUT2D eigenvalue weighted by atomic mass is 10.3. The maximum atomic E-state index is 12.0. The number of rotatable bonds is 1. The third-order valence-corrected chi connectivity index (χ3v) is 3.00. The summed E-state index contributed by atoms with van der Waals surface area (Å²) in [6.07, 6.45) is 1.56. The summed E-state index contributed by atoms with van der Waals surface area (Å²) in [4.78, 5) is 14.7. The summed E-state index contributed by atoms with van der Waals surface area (Å²) in [6, 6.07) is 11.0. The van der Waals surface area contributed by atoms with E-state index >= 15 is 0 Å². The van der Waals surface area contributed by atoms with Crippen LogP contribution in [0.3, 0.4) is 0 Å². The second-order valence-corrected chi connectivity index (χ2v) is 4.13. The normalized spacial score (nSPS) is 11.4. The van der Waals surface area contributed by atoms with Crippen LogP contribution >= 0.6 is 0 Å². The Balaban J connectivity index is 2.26. The second kappa shape index (κ2) is 3.55. The standard InChI is InChI=1S/C13H8N4O2/c18-13-12-16-15-11(10-6-3-7-19-10)17(12)9-5-2-1-4-8(9)14-13/h1-7H,(H,14,18). The smallest absolute Gasteiger partial charge is 0.294 e. The highest BCUT2D eigenvalue weighted by Gasteiger charge is 2.15. The molecule has 0 atom stereocenters. The Labute approximate surface area is 106 Å². The van der Waals surface area contributed by atoms with Crippen LogP contribution in [0.15, 0.2) is 51.9 Å². The highest BCUT2D eigenvalue weighted by molar-refractivity contribution is 5.79. The van der Waals surface area contributed by atoms with Crippen LogP contribution in [-0.4, -0.2) is 19.6 Å². The number of nitrogens with zero attached hydrogens (tertiary/aromatic N) is 3. The van der Waals surface area contributed by atoms with Gasteiger partial charge in [0.05, 0.1) is 17.3 Å². The van der Waals surface area contributed by atoms with Crippen LogP contribution in [0.25, 0.3) is 28.3 Å². The molecule has 0 aliphatic heterocycles. The van der Waals surface area contributed by atoms with E-state index in [9.17, 15) is 4.79 Å². The molecule has 0 unspecified atom stereocenters. The summed E-state index contributed by atoms with van der Waals surface area (Å²) in [6.45, 7) is 0. The van der Waals surface area contributed by atoms with Crippen molar-refractivity contribution < 1.29 is 4.42 Å². The Kier molecular flexibility index (Phi) is 1.88. The molecule has 0 aliphatic carbocycles. The van der Waals surface area contributed by atoms with Crippen LogP contribution in [0.5, 0.6) is 0 Å². The molecule has 19 heavy (non-hydrogen) atoms. The van der Waals surface area contributed by atoms with Crippen molar-refractivity contribution in [2.24, 2.45) is 0 Å². The maximum absolute atomic E-state index is 12.0. The van der Waals surface area contributed by atoms with Gasteiger partial charge in [-0.25, -0.2) is 0 Å². The molecule has 0 fully saturated rings. The van der Waals surface area contributed by atoms with Crippen LogP contribution in [0.1, 0.15) is 0 Å². The number of aromatic amines is 1. The van der Waals surface area contributed by atoms with Crippen molar-refractivity contribution in [2.75, 3.05) is 0 Å². The van der Waals surface area contributed by atoms with Gasteiger partial charge >= 0.3 is 0 Å². The molecule has 4 aromatic rings. The van der Waals surface area contributed by atoms with Gasteiger partial charge in [-0.15, -0.1) is 10.2 Å². The maximum Gasteiger partial charge on any atom is 0.294 e. The minimum atomic E-state index is -0.274. The number of H-pyrrole nitrogens is 1. The van der Waals surface area contributed by atoms with Gasteiger partial charge in [0.15, 0.2) is 5.76 Å². The van der Waals surface area contributed by atoms with Gasteiger partial charge < -0.3 is 9.40 Å². The van der Waals surface area contributed by atoms with Gasteiger partial charge in [-0.05, 0) is 24.3 Å². The Morgan fingerprint density at radius 1 is 1.11 bits per heavy atom. The lowest BCUT2D eigenvalue weighted by Crippen LogP contribution is -2.11. The van der Waals surface area contributed by atoms with Crippen LogP contribution < -0.4 is 5.56 Å². The fourth-order valence-electron chi connectivity index (χ4n) is 2.18. The number of aromatic nitrogens is 4. The molecular weight excluding hydrogens is 244 g/mol. The molecule has 0 saturated carbocycles. The van der Waals surface area contributed by atoms with E-state index in [4.69, 9.17) is 4.42 Å². The summed E-state index contributed by atoms with van der Waals surface area (Å²) in [7, 11) is 0. The number of fused-ring (bicyclic) bond motifs is 3. The molecule has 0 aliphatic rings. The van der Waals surface area contributed by atoms with E-state index in [1.807, 2.05) is 24.3 Å². The first-order valence-electron chi connectivity index (χ1n) is 5.74. The van der Waals surface area contributed by atoms with E-state index in [0.29, 0.717) is 11.6 Å². The van der Waals surface area contributed by atoms with E-state index in [1.165, 1.54) is 0 Å².